The van der Waals surface area contributed by atoms with Gasteiger partial charge in [0, 0.05) is 25.8 Å². The van der Waals surface area contributed by atoms with Gasteiger partial charge in [0.1, 0.15) is 30.3 Å². The molecule has 0 bridgehead atoms. The van der Waals surface area contributed by atoms with E-state index in [1.165, 1.54) is 6.20 Å². The third-order valence-corrected chi connectivity index (χ3v) is 7.81. The van der Waals surface area contributed by atoms with Crippen molar-refractivity contribution in [3.05, 3.63) is 93.5 Å². The lowest BCUT2D eigenvalue weighted by Gasteiger charge is -2.20. The maximum atomic E-state index is 15.9. The van der Waals surface area contributed by atoms with Gasteiger partial charge in [0.05, 0.1) is 25.1 Å². The van der Waals surface area contributed by atoms with E-state index in [4.69, 9.17) is 18.9 Å². The monoisotopic (exact) mass is 603 g/mol. The molecule has 0 radical (unpaired) electrons. The van der Waals surface area contributed by atoms with Crippen LogP contribution in [0.25, 0.3) is 10.9 Å². The predicted octanol–water partition coefficient (Wildman–Crippen LogP) is 5.16. The molecule has 9 nitrogen and oxygen atoms in total. The number of aryl methyl sites for hydroxylation is 1. The van der Waals surface area contributed by atoms with Gasteiger partial charge in [0.2, 0.25) is 5.43 Å². The highest BCUT2D eigenvalue weighted by atomic mass is 19.1. The summed E-state index contributed by atoms with van der Waals surface area (Å²) < 4.78 is 40.3. The number of hydrogen-bond donors (Lipinski definition) is 1. The van der Waals surface area contributed by atoms with Gasteiger partial charge in [-0.1, -0.05) is 24.3 Å². The first-order chi connectivity index (χ1) is 21.4. The van der Waals surface area contributed by atoms with Crippen LogP contribution >= 0.6 is 0 Å². The predicted molar refractivity (Wildman–Crippen MR) is 166 cm³/mol. The van der Waals surface area contributed by atoms with Gasteiger partial charge >= 0.3 is 0 Å². The van der Waals surface area contributed by atoms with Crippen LogP contribution in [-0.4, -0.2) is 55.8 Å². The Hall–Kier alpha value is -4.57. The summed E-state index contributed by atoms with van der Waals surface area (Å²) in [5.41, 5.74) is 1.33. The Morgan fingerprint density at radius 2 is 1.45 bits per heavy atom. The molecule has 0 aliphatic carbocycles. The molecule has 0 unspecified atom stereocenters. The average Bonchev–Trinajstić information content (AvgIpc) is 3.57. The number of ether oxygens (including phenoxy) is 4. The van der Waals surface area contributed by atoms with Crippen LogP contribution in [-0.2, 0) is 19.8 Å². The quantitative estimate of drug-likeness (QED) is 0.226. The second-order valence-corrected chi connectivity index (χ2v) is 10.6. The number of carbonyl (C=O) groups excluding carboxylic acids is 1. The molecule has 1 amide bonds. The number of likely N-dealkylation sites (tertiary alicyclic amines) is 1. The molecule has 0 spiro atoms. The fraction of sp³-hybridized carbons (Fsp3) is 0.353. The molecule has 2 heterocycles. The lowest BCUT2D eigenvalue weighted by atomic mass is 10.1. The largest absolute Gasteiger partial charge is 0.497 e. The maximum Gasteiger partial charge on any atom is 0.256 e. The second-order valence-electron chi connectivity index (χ2n) is 10.6. The van der Waals surface area contributed by atoms with E-state index in [0.717, 1.165) is 43.1 Å². The summed E-state index contributed by atoms with van der Waals surface area (Å²) in [6, 6.07) is 15.7. The molecular formula is C34H38FN3O6. The van der Waals surface area contributed by atoms with Crippen LogP contribution in [0.2, 0.25) is 0 Å². The molecule has 4 aromatic rings. The summed E-state index contributed by atoms with van der Waals surface area (Å²) in [6.07, 6.45) is 3.82. The molecule has 1 aromatic heterocycles. The minimum absolute atomic E-state index is 0.0399. The van der Waals surface area contributed by atoms with E-state index >= 15 is 4.39 Å². The van der Waals surface area contributed by atoms with Crippen molar-refractivity contribution in [1.29, 1.82) is 0 Å². The van der Waals surface area contributed by atoms with E-state index in [9.17, 15) is 9.59 Å². The van der Waals surface area contributed by atoms with Crippen molar-refractivity contribution in [2.75, 3.05) is 40.4 Å². The number of halogens is 1. The molecule has 1 aliphatic rings. The summed E-state index contributed by atoms with van der Waals surface area (Å²) in [5, 5.41) is 2.90. The first-order valence-corrected chi connectivity index (χ1v) is 14.8. The van der Waals surface area contributed by atoms with Gasteiger partial charge in [-0.15, -0.1) is 0 Å². The molecule has 1 N–H and O–H groups in total. The van der Waals surface area contributed by atoms with Gasteiger partial charge in [-0.05, 0) is 74.3 Å². The maximum absolute atomic E-state index is 15.9. The number of benzene rings is 3. The Balaban J connectivity index is 1.51. The Kier molecular flexibility index (Phi) is 10.0. The number of fused-ring (bicyclic) bond motifs is 1. The molecule has 44 heavy (non-hydrogen) atoms. The van der Waals surface area contributed by atoms with E-state index in [2.05, 4.69) is 10.2 Å². The first-order valence-electron chi connectivity index (χ1n) is 14.8. The number of methoxy groups -OCH3 is 2. The zero-order valence-corrected chi connectivity index (χ0v) is 25.4. The van der Waals surface area contributed by atoms with Crippen molar-refractivity contribution in [2.45, 2.75) is 39.5 Å². The fourth-order valence-corrected chi connectivity index (χ4v) is 5.34. The van der Waals surface area contributed by atoms with Crippen LogP contribution < -0.4 is 29.7 Å². The Morgan fingerprint density at radius 1 is 0.886 bits per heavy atom. The number of nitrogens with zero attached hydrogens (tertiary/aromatic N) is 2. The lowest BCUT2D eigenvalue weighted by Crippen LogP contribution is -2.36. The van der Waals surface area contributed by atoms with E-state index in [0.29, 0.717) is 36.6 Å². The zero-order chi connectivity index (χ0) is 31.1. The minimum atomic E-state index is -0.762. The minimum Gasteiger partial charge on any atom is -0.497 e. The zero-order valence-electron chi connectivity index (χ0n) is 25.4. The number of aromatic nitrogens is 1. The molecular weight excluding hydrogens is 565 g/mol. The van der Waals surface area contributed by atoms with Crippen LogP contribution in [0, 0.1) is 5.82 Å². The Labute approximate surface area is 256 Å². The van der Waals surface area contributed by atoms with Crippen LogP contribution in [0.15, 0.2) is 65.6 Å². The standard InChI is InChI=1S/C34H38FN3O6/c1-4-38-20-28(34(40)36-15-18-37-16-5-6-17-37)31(39)27-19-29(35)32(43-21-23-7-11-25(41-2)12-8-23)33(30(27)38)44-22-24-9-13-26(42-3)14-10-24/h7-14,19-20H,4-6,15-18,21-22H2,1-3H3,(H,36,40). The van der Waals surface area contributed by atoms with E-state index in [-0.39, 0.29) is 35.7 Å². The van der Waals surface area contributed by atoms with Crippen molar-refractivity contribution >= 4 is 16.8 Å². The number of amides is 1. The fourth-order valence-electron chi connectivity index (χ4n) is 5.34. The molecule has 0 saturated carbocycles. The number of nitrogens with one attached hydrogen (secondary N) is 1. The lowest BCUT2D eigenvalue weighted by molar-refractivity contribution is 0.0948. The highest BCUT2D eigenvalue weighted by Gasteiger charge is 2.24. The Bertz CT molecular complexity index is 1650. The van der Waals surface area contributed by atoms with Gasteiger partial charge in [-0.2, -0.15) is 0 Å². The van der Waals surface area contributed by atoms with Gasteiger partial charge in [0.15, 0.2) is 17.3 Å². The van der Waals surface area contributed by atoms with E-state index in [1.807, 2.05) is 31.2 Å². The number of rotatable bonds is 13. The summed E-state index contributed by atoms with van der Waals surface area (Å²) >= 11 is 0. The van der Waals surface area contributed by atoms with Crippen molar-refractivity contribution in [1.82, 2.24) is 14.8 Å². The third kappa shape index (κ3) is 6.97. The van der Waals surface area contributed by atoms with Gasteiger partial charge in [-0.3, -0.25) is 9.59 Å². The Morgan fingerprint density at radius 3 is 2.00 bits per heavy atom. The smallest absolute Gasteiger partial charge is 0.256 e. The molecule has 1 fully saturated rings. The van der Waals surface area contributed by atoms with Crippen molar-refractivity contribution < 1.29 is 28.1 Å². The number of carbonyl (C=O) groups is 1. The summed E-state index contributed by atoms with van der Waals surface area (Å²) in [6.45, 7) is 5.57. The number of hydrogen-bond acceptors (Lipinski definition) is 7. The van der Waals surface area contributed by atoms with Crippen molar-refractivity contribution in [2.24, 2.45) is 0 Å². The van der Waals surface area contributed by atoms with Crippen LogP contribution in [0.4, 0.5) is 4.39 Å². The molecule has 0 atom stereocenters. The van der Waals surface area contributed by atoms with Crippen molar-refractivity contribution in [3.63, 3.8) is 0 Å². The van der Waals surface area contributed by atoms with Gasteiger partial charge in [0.25, 0.3) is 5.91 Å². The summed E-state index contributed by atoms with van der Waals surface area (Å²) in [4.78, 5) is 29.1. The highest BCUT2D eigenvalue weighted by Crippen LogP contribution is 2.39. The van der Waals surface area contributed by atoms with Crippen molar-refractivity contribution in [3.8, 4) is 23.0 Å². The molecule has 5 rings (SSSR count). The van der Waals surface area contributed by atoms with Gasteiger partial charge in [-0.25, -0.2) is 4.39 Å². The topological polar surface area (TPSA) is 91.3 Å². The third-order valence-electron chi connectivity index (χ3n) is 7.81. The summed E-state index contributed by atoms with van der Waals surface area (Å²) in [7, 11) is 3.17. The number of pyridine rings is 1. The highest BCUT2D eigenvalue weighted by molar-refractivity contribution is 5.99. The average molecular weight is 604 g/mol. The van der Waals surface area contributed by atoms with E-state index in [1.54, 1.807) is 43.1 Å². The first kappa shape index (κ1) is 30.9. The van der Waals surface area contributed by atoms with E-state index < -0.39 is 17.2 Å². The SMILES string of the molecule is CCn1cc(C(=O)NCCN2CCCC2)c(=O)c2cc(F)c(OCc3ccc(OC)cc3)c(OCc3ccc(OC)cc3)c21. The summed E-state index contributed by atoms with van der Waals surface area (Å²) in [5.74, 6) is 0.105. The van der Waals surface area contributed by atoms with Crippen LogP contribution in [0.1, 0.15) is 41.3 Å². The molecule has 232 valence electrons. The van der Waals surface area contributed by atoms with Crippen LogP contribution in [0.5, 0.6) is 23.0 Å². The normalized spacial score (nSPS) is 13.2. The second kappa shape index (κ2) is 14.3. The van der Waals surface area contributed by atoms with Gasteiger partial charge < -0.3 is 33.7 Å². The molecule has 1 aliphatic heterocycles. The molecule has 10 heteroatoms. The van der Waals surface area contributed by atoms with Crippen LogP contribution in [0.3, 0.4) is 0 Å². The molecule has 3 aromatic carbocycles. The molecule has 1 saturated heterocycles.